The van der Waals surface area contributed by atoms with E-state index in [2.05, 4.69) is 30.3 Å². The van der Waals surface area contributed by atoms with Gasteiger partial charge in [-0.3, -0.25) is 0 Å². The van der Waals surface area contributed by atoms with Crippen LogP contribution in [0.4, 0.5) is 0 Å². The van der Waals surface area contributed by atoms with Gasteiger partial charge in [-0.25, -0.2) is 0 Å². The molecule has 0 radical (unpaired) electrons. The molecule has 0 unspecified atom stereocenters. The van der Waals surface area contributed by atoms with Crippen LogP contribution in [-0.4, -0.2) is 0 Å². The molecule has 3 rings (SSSR count). The fourth-order valence-electron chi connectivity index (χ4n) is 1.95. The Balaban J connectivity index is 1.94. The topological polar surface area (TPSA) is 0 Å². The van der Waals surface area contributed by atoms with Crippen LogP contribution < -0.4 is 0 Å². The Labute approximate surface area is 79.6 Å². The molecule has 2 aliphatic carbocycles. The lowest BCUT2D eigenvalue weighted by Gasteiger charge is -1.83. The van der Waals surface area contributed by atoms with Crippen LogP contribution in [0.5, 0.6) is 0 Å². The van der Waals surface area contributed by atoms with Crippen LogP contribution in [0.2, 0.25) is 0 Å². The van der Waals surface area contributed by atoms with Gasteiger partial charge >= 0.3 is 0 Å². The van der Waals surface area contributed by atoms with E-state index >= 15 is 0 Å². The lowest BCUT2D eigenvalue weighted by atomic mass is 10.2. The highest BCUT2D eigenvalue weighted by atomic mass is 14.3. The van der Waals surface area contributed by atoms with Crippen LogP contribution in [0.25, 0.3) is 0 Å². The molecule has 0 nitrogen and oxygen atoms in total. The van der Waals surface area contributed by atoms with Crippen molar-refractivity contribution in [2.24, 2.45) is 0 Å². The molecule has 2 saturated carbocycles. The van der Waals surface area contributed by atoms with E-state index in [1.165, 1.54) is 25.7 Å². The minimum atomic E-state index is 0.888. The molecular weight excluding hydrogens is 156 g/mol. The molecule has 0 N–H and O–H groups in total. The molecule has 0 aliphatic heterocycles. The summed E-state index contributed by atoms with van der Waals surface area (Å²) in [7, 11) is 0. The van der Waals surface area contributed by atoms with E-state index < -0.39 is 0 Å². The molecule has 0 heterocycles. The standard InChI is InChI=1S/C13H15/c1-2-10(12-6-7-12)4-5-11(3-1)13-8-9-13/h1-5,12-13H,6-9H2/q+1. The Morgan fingerprint density at radius 3 is 2.46 bits per heavy atom. The third-order valence-corrected chi connectivity index (χ3v) is 3.14. The molecule has 1 aromatic rings. The van der Waals surface area contributed by atoms with Crippen molar-refractivity contribution in [2.75, 3.05) is 0 Å². The van der Waals surface area contributed by atoms with E-state index in [0.29, 0.717) is 0 Å². The highest BCUT2D eigenvalue weighted by Crippen LogP contribution is 2.42. The summed E-state index contributed by atoms with van der Waals surface area (Å²) < 4.78 is 0. The summed E-state index contributed by atoms with van der Waals surface area (Å²) in [5, 5.41) is 0. The first-order chi connectivity index (χ1) is 6.43. The van der Waals surface area contributed by atoms with Crippen LogP contribution in [0, 0.1) is 0 Å². The molecule has 0 spiro atoms. The number of hydrogen-bond acceptors (Lipinski definition) is 0. The second-order valence-corrected chi connectivity index (χ2v) is 4.41. The van der Waals surface area contributed by atoms with Crippen LogP contribution in [0.3, 0.4) is 0 Å². The predicted octanol–water partition coefficient (Wildman–Crippen LogP) is 3.72. The van der Waals surface area contributed by atoms with E-state index in [1.54, 1.807) is 11.1 Å². The fourth-order valence-corrected chi connectivity index (χ4v) is 1.95. The van der Waals surface area contributed by atoms with Crippen molar-refractivity contribution in [1.82, 2.24) is 0 Å². The van der Waals surface area contributed by atoms with Gasteiger partial charge in [0, 0.05) is 41.7 Å². The van der Waals surface area contributed by atoms with Gasteiger partial charge in [-0.05, 0) is 25.7 Å². The Morgan fingerprint density at radius 2 is 1.77 bits per heavy atom. The second kappa shape index (κ2) is 2.80. The van der Waals surface area contributed by atoms with Gasteiger partial charge in [0.05, 0.1) is 11.6 Å². The maximum absolute atomic E-state index is 2.34. The molecule has 66 valence electrons. The Morgan fingerprint density at radius 1 is 1.00 bits per heavy atom. The zero-order chi connectivity index (χ0) is 8.67. The Hall–Kier alpha value is -0.910. The molecule has 13 heavy (non-hydrogen) atoms. The SMILES string of the molecule is c1cc(C2CC2)c[cH+]c(C2CC2)c1. The summed E-state index contributed by atoms with van der Waals surface area (Å²) in [6.07, 6.45) is 5.62. The normalized spacial score (nSPS) is 21.5. The zero-order valence-corrected chi connectivity index (χ0v) is 7.87. The summed E-state index contributed by atoms with van der Waals surface area (Å²) >= 11 is 0. The zero-order valence-electron chi connectivity index (χ0n) is 7.87. The summed E-state index contributed by atoms with van der Waals surface area (Å²) in [6.45, 7) is 0. The van der Waals surface area contributed by atoms with Gasteiger partial charge in [0.25, 0.3) is 0 Å². The maximum atomic E-state index is 2.34. The summed E-state index contributed by atoms with van der Waals surface area (Å²) in [6, 6.07) is 11.5. The van der Waals surface area contributed by atoms with Crippen LogP contribution in [-0.2, 0) is 0 Å². The van der Waals surface area contributed by atoms with E-state index in [0.717, 1.165) is 11.8 Å². The highest BCUT2D eigenvalue weighted by Gasteiger charge is 2.29. The highest BCUT2D eigenvalue weighted by molar-refractivity contribution is 5.29. The van der Waals surface area contributed by atoms with Crippen molar-refractivity contribution >= 4 is 0 Å². The van der Waals surface area contributed by atoms with Crippen LogP contribution in [0.1, 0.15) is 48.6 Å². The van der Waals surface area contributed by atoms with Crippen molar-refractivity contribution in [3.63, 3.8) is 0 Å². The molecule has 0 saturated heterocycles. The van der Waals surface area contributed by atoms with Gasteiger partial charge < -0.3 is 0 Å². The minimum absolute atomic E-state index is 0.888. The van der Waals surface area contributed by atoms with E-state index in [1.807, 2.05) is 0 Å². The summed E-state index contributed by atoms with van der Waals surface area (Å²) in [5.74, 6) is 1.78. The van der Waals surface area contributed by atoms with Crippen molar-refractivity contribution < 1.29 is 0 Å². The molecule has 0 atom stereocenters. The van der Waals surface area contributed by atoms with E-state index in [-0.39, 0.29) is 0 Å². The van der Waals surface area contributed by atoms with Gasteiger partial charge in [0.1, 0.15) is 0 Å². The molecular formula is C13H15+. The third-order valence-electron chi connectivity index (χ3n) is 3.14. The van der Waals surface area contributed by atoms with Crippen molar-refractivity contribution in [3.05, 3.63) is 41.5 Å². The molecule has 2 fully saturated rings. The predicted molar refractivity (Wildman–Crippen MR) is 54.8 cm³/mol. The van der Waals surface area contributed by atoms with Crippen molar-refractivity contribution in [2.45, 2.75) is 37.5 Å². The van der Waals surface area contributed by atoms with Crippen molar-refractivity contribution in [1.29, 1.82) is 0 Å². The first-order valence-electron chi connectivity index (χ1n) is 5.37. The quantitative estimate of drug-likeness (QED) is 0.595. The second-order valence-electron chi connectivity index (χ2n) is 4.41. The molecule has 0 bridgehead atoms. The van der Waals surface area contributed by atoms with Crippen molar-refractivity contribution in [3.8, 4) is 0 Å². The van der Waals surface area contributed by atoms with E-state index in [4.69, 9.17) is 0 Å². The largest absolute Gasteiger partial charge is 0.0630 e. The number of hydrogen-bond donors (Lipinski definition) is 0. The van der Waals surface area contributed by atoms with Gasteiger partial charge in [-0.1, -0.05) is 0 Å². The molecule has 1 aromatic carbocycles. The molecule has 2 aliphatic rings. The number of rotatable bonds is 2. The first-order valence-corrected chi connectivity index (χ1v) is 5.37. The van der Waals surface area contributed by atoms with Gasteiger partial charge in [-0.2, -0.15) is 0 Å². The van der Waals surface area contributed by atoms with Gasteiger partial charge in [0.2, 0.25) is 0 Å². The first kappa shape index (κ1) is 7.49. The van der Waals surface area contributed by atoms with Gasteiger partial charge in [-0.15, -0.1) is 0 Å². The molecule has 0 aromatic heterocycles. The van der Waals surface area contributed by atoms with Crippen LogP contribution in [0.15, 0.2) is 30.3 Å². The van der Waals surface area contributed by atoms with Gasteiger partial charge in [0.15, 0.2) is 0 Å². The Kier molecular flexibility index (Phi) is 1.61. The lowest BCUT2D eigenvalue weighted by molar-refractivity contribution is 1.12. The minimum Gasteiger partial charge on any atom is -0.0434 e. The average Bonchev–Trinajstić information content (AvgIpc) is 3.02. The molecule has 0 amide bonds. The maximum Gasteiger partial charge on any atom is 0.0630 e. The summed E-state index contributed by atoms with van der Waals surface area (Å²) in [4.78, 5) is 0. The Bertz CT molecular complexity index is 293. The molecule has 0 heteroatoms. The monoisotopic (exact) mass is 171 g/mol. The smallest absolute Gasteiger partial charge is 0.0434 e. The summed E-state index contributed by atoms with van der Waals surface area (Å²) in [5.41, 5.74) is 3.10. The van der Waals surface area contributed by atoms with Crippen LogP contribution >= 0.6 is 0 Å². The average molecular weight is 171 g/mol. The fraction of sp³-hybridized carbons (Fsp3) is 0.462. The third kappa shape index (κ3) is 1.58. The lowest BCUT2D eigenvalue weighted by Crippen LogP contribution is -1.72. The van der Waals surface area contributed by atoms with E-state index in [9.17, 15) is 0 Å².